The fraction of sp³-hybridized carbons (Fsp3) is 0.333. The van der Waals surface area contributed by atoms with E-state index in [2.05, 4.69) is 26.5 Å². The number of rotatable bonds is 6. The molecule has 0 saturated heterocycles. The lowest BCUT2D eigenvalue weighted by molar-refractivity contribution is -0.123. The number of hydrogen-bond donors (Lipinski definition) is 1. The monoisotopic (exact) mass is 298 g/mol. The molecule has 5 heteroatoms. The number of nitrogens with one attached hydrogen (secondary N) is 1. The van der Waals surface area contributed by atoms with Gasteiger partial charge in [-0.3, -0.25) is 4.79 Å². The molecule has 0 aromatic heterocycles. The summed E-state index contributed by atoms with van der Waals surface area (Å²) in [7, 11) is 0. The lowest BCUT2D eigenvalue weighted by Gasteiger charge is -2.04. The Kier molecular flexibility index (Phi) is 6.32. The van der Waals surface area contributed by atoms with E-state index in [9.17, 15) is 4.79 Å². The summed E-state index contributed by atoms with van der Waals surface area (Å²) in [4.78, 5) is 11.3. The molecule has 1 aromatic rings. The molecule has 1 N–H and O–H groups in total. The van der Waals surface area contributed by atoms with Gasteiger partial charge in [0, 0.05) is 10.7 Å². The van der Waals surface area contributed by atoms with Gasteiger partial charge in [-0.25, -0.2) is 5.43 Å². The van der Waals surface area contributed by atoms with Crippen LogP contribution in [0, 0.1) is 0 Å². The third-order valence-electron chi connectivity index (χ3n) is 1.88. The van der Waals surface area contributed by atoms with Crippen LogP contribution in [0.4, 0.5) is 0 Å². The first kappa shape index (κ1) is 13.7. The number of unbranched alkanes of at least 4 members (excludes halogenated alkanes) is 1. The third kappa shape index (κ3) is 6.06. The smallest absolute Gasteiger partial charge is 0.277 e. The van der Waals surface area contributed by atoms with Crippen molar-refractivity contribution in [3.05, 3.63) is 28.7 Å². The Labute approximate surface area is 109 Å². The zero-order chi connectivity index (χ0) is 12.5. The van der Waals surface area contributed by atoms with Crippen LogP contribution in [0.5, 0.6) is 5.75 Å². The number of hydrogen-bond acceptors (Lipinski definition) is 3. The average molecular weight is 299 g/mol. The number of carbonyl (C=O) groups excluding carboxylic acids is 1. The van der Waals surface area contributed by atoms with Gasteiger partial charge in [-0.05, 0) is 30.7 Å². The lowest BCUT2D eigenvalue weighted by Crippen LogP contribution is -2.24. The predicted octanol–water partition coefficient (Wildman–Crippen LogP) is 2.73. The SMILES string of the molecule is CCCC=NNC(=O)COc1ccc(Br)cc1. The van der Waals surface area contributed by atoms with Crippen molar-refractivity contribution in [3.8, 4) is 5.75 Å². The van der Waals surface area contributed by atoms with Crippen molar-refractivity contribution >= 4 is 28.1 Å². The molecule has 4 nitrogen and oxygen atoms in total. The Morgan fingerprint density at radius 3 is 2.82 bits per heavy atom. The van der Waals surface area contributed by atoms with Crippen molar-refractivity contribution in [1.82, 2.24) is 5.43 Å². The van der Waals surface area contributed by atoms with Crippen LogP contribution in [0.15, 0.2) is 33.8 Å². The fourth-order valence-corrected chi connectivity index (χ4v) is 1.29. The average Bonchev–Trinajstić information content (AvgIpc) is 2.34. The van der Waals surface area contributed by atoms with Crippen molar-refractivity contribution in [1.29, 1.82) is 0 Å². The third-order valence-corrected chi connectivity index (χ3v) is 2.41. The maximum atomic E-state index is 11.3. The second-order valence-electron chi connectivity index (χ2n) is 3.38. The van der Waals surface area contributed by atoms with Gasteiger partial charge in [0.2, 0.25) is 0 Å². The van der Waals surface area contributed by atoms with Gasteiger partial charge in [0.05, 0.1) is 0 Å². The number of carbonyl (C=O) groups is 1. The maximum absolute atomic E-state index is 11.3. The molecule has 0 aliphatic heterocycles. The van der Waals surface area contributed by atoms with Crippen molar-refractivity contribution in [2.75, 3.05) is 6.61 Å². The summed E-state index contributed by atoms with van der Waals surface area (Å²) < 4.78 is 6.24. The topological polar surface area (TPSA) is 50.7 Å². The quantitative estimate of drug-likeness (QED) is 0.648. The molecule has 1 rings (SSSR count). The molecule has 0 unspecified atom stereocenters. The first-order valence-corrected chi connectivity index (χ1v) is 6.20. The largest absolute Gasteiger partial charge is 0.484 e. The first-order chi connectivity index (χ1) is 8.22. The van der Waals surface area contributed by atoms with E-state index in [4.69, 9.17) is 4.74 Å². The molecular weight excluding hydrogens is 284 g/mol. The van der Waals surface area contributed by atoms with Crippen molar-refractivity contribution < 1.29 is 9.53 Å². The molecule has 0 aliphatic rings. The van der Waals surface area contributed by atoms with E-state index in [0.29, 0.717) is 5.75 Å². The van der Waals surface area contributed by atoms with Gasteiger partial charge in [0.1, 0.15) is 5.75 Å². The van der Waals surface area contributed by atoms with Crippen LogP contribution in [0.2, 0.25) is 0 Å². The van der Waals surface area contributed by atoms with E-state index >= 15 is 0 Å². The summed E-state index contributed by atoms with van der Waals surface area (Å²) in [6.07, 6.45) is 3.54. The van der Waals surface area contributed by atoms with E-state index in [0.717, 1.165) is 17.3 Å². The van der Waals surface area contributed by atoms with Crippen molar-refractivity contribution in [2.45, 2.75) is 19.8 Å². The second-order valence-corrected chi connectivity index (χ2v) is 4.29. The maximum Gasteiger partial charge on any atom is 0.277 e. The summed E-state index contributed by atoms with van der Waals surface area (Å²) in [5.74, 6) is 0.390. The van der Waals surface area contributed by atoms with E-state index < -0.39 is 0 Å². The molecule has 0 radical (unpaired) electrons. The minimum absolute atomic E-state index is 0.0366. The molecule has 17 heavy (non-hydrogen) atoms. The highest BCUT2D eigenvalue weighted by molar-refractivity contribution is 9.10. The Morgan fingerprint density at radius 1 is 1.47 bits per heavy atom. The number of halogens is 1. The minimum Gasteiger partial charge on any atom is -0.484 e. The molecule has 1 amide bonds. The molecule has 0 saturated carbocycles. The van der Waals surface area contributed by atoms with E-state index in [-0.39, 0.29) is 12.5 Å². The van der Waals surface area contributed by atoms with Crippen LogP contribution in [0.25, 0.3) is 0 Å². The first-order valence-electron chi connectivity index (χ1n) is 5.41. The Hall–Kier alpha value is -1.36. The van der Waals surface area contributed by atoms with Crippen LogP contribution in [0.3, 0.4) is 0 Å². The van der Waals surface area contributed by atoms with Crippen LogP contribution in [0.1, 0.15) is 19.8 Å². The van der Waals surface area contributed by atoms with Gasteiger partial charge in [-0.2, -0.15) is 5.10 Å². The number of nitrogens with zero attached hydrogens (tertiary/aromatic N) is 1. The molecule has 0 bridgehead atoms. The standard InChI is InChI=1S/C12H15BrN2O2/c1-2-3-8-14-15-12(16)9-17-11-6-4-10(13)5-7-11/h4-8H,2-3,9H2,1H3,(H,15,16). The summed E-state index contributed by atoms with van der Waals surface area (Å²) >= 11 is 3.32. The minimum atomic E-state index is -0.264. The highest BCUT2D eigenvalue weighted by Crippen LogP contribution is 2.15. The van der Waals surface area contributed by atoms with Crippen LogP contribution in [-0.4, -0.2) is 18.7 Å². The van der Waals surface area contributed by atoms with Crippen molar-refractivity contribution in [3.63, 3.8) is 0 Å². The van der Waals surface area contributed by atoms with Gasteiger partial charge in [0.15, 0.2) is 6.61 Å². The number of benzene rings is 1. The summed E-state index contributed by atoms with van der Waals surface area (Å²) in [5, 5.41) is 3.78. The van der Waals surface area contributed by atoms with Crippen molar-refractivity contribution in [2.24, 2.45) is 5.10 Å². The molecule has 1 aromatic carbocycles. The summed E-state index contributed by atoms with van der Waals surface area (Å²) in [5.41, 5.74) is 2.40. The molecule has 0 spiro atoms. The van der Waals surface area contributed by atoms with Gasteiger partial charge in [-0.1, -0.05) is 29.3 Å². The van der Waals surface area contributed by atoms with Crippen LogP contribution >= 0.6 is 15.9 Å². The molecule has 0 atom stereocenters. The lowest BCUT2D eigenvalue weighted by atomic mass is 10.3. The number of amides is 1. The molecule has 92 valence electrons. The zero-order valence-electron chi connectivity index (χ0n) is 9.65. The highest BCUT2D eigenvalue weighted by Gasteiger charge is 2.00. The van der Waals surface area contributed by atoms with Gasteiger partial charge < -0.3 is 4.74 Å². The van der Waals surface area contributed by atoms with Crippen LogP contribution in [-0.2, 0) is 4.79 Å². The second kappa shape index (κ2) is 7.84. The zero-order valence-corrected chi connectivity index (χ0v) is 11.2. The molecule has 0 heterocycles. The summed E-state index contributed by atoms with van der Waals surface area (Å²) in [6.45, 7) is 2.01. The fourth-order valence-electron chi connectivity index (χ4n) is 1.02. The number of hydrazone groups is 1. The van der Waals surface area contributed by atoms with E-state index in [1.165, 1.54) is 0 Å². The number of ether oxygens (including phenoxy) is 1. The van der Waals surface area contributed by atoms with E-state index in [1.54, 1.807) is 18.3 Å². The Morgan fingerprint density at radius 2 is 2.18 bits per heavy atom. The Bertz CT molecular complexity index is 377. The van der Waals surface area contributed by atoms with Crippen LogP contribution < -0.4 is 10.2 Å². The predicted molar refractivity (Wildman–Crippen MR) is 71.2 cm³/mol. The molecular formula is C12H15BrN2O2. The Balaban J connectivity index is 2.26. The highest BCUT2D eigenvalue weighted by atomic mass is 79.9. The van der Waals surface area contributed by atoms with Gasteiger partial charge >= 0.3 is 0 Å². The van der Waals surface area contributed by atoms with E-state index in [1.807, 2.05) is 19.1 Å². The molecule has 0 aliphatic carbocycles. The normalized spacial score (nSPS) is 10.5. The summed E-state index contributed by atoms with van der Waals surface area (Å²) in [6, 6.07) is 7.29. The molecule has 0 fully saturated rings. The van der Waals surface area contributed by atoms with Gasteiger partial charge in [0.25, 0.3) is 5.91 Å². The van der Waals surface area contributed by atoms with Gasteiger partial charge in [-0.15, -0.1) is 0 Å².